The van der Waals surface area contributed by atoms with Crippen molar-refractivity contribution in [3.8, 4) is 5.75 Å². The summed E-state index contributed by atoms with van der Waals surface area (Å²) in [5.41, 5.74) is 0.683. The normalized spacial score (nSPS) is 20.2. The number of likely N-dealkylation sites (tertiary alicyclic amines) is 1. The molecule has 2 unspecified atom stereocenters. The maximum Gasteiger partial charge on any atom is 0.314 e. The smallest absolute Gasteiger partial charge is 0.314 e. The van der Waals surface area contributed by atoms with Crippen LogP contribution in [0.15, 0.2) is 24.3 Å². The van der Waals surface area contributed by atoms with E-state index < -0.39 is 0 Å². The third-order valence-corrected chi connectivity index (χ3v) is 4.32. The van der Waals surface area contributed by atoms with E-state index in [9.17, 15) is 9.59 Å². The molecule has 2 atom stereocenters. The van der Waals surface area contributed by atoms with E-state index in [-0.39, 0.29) is 17.8 Å². The van der Waals surface area contributed by atoms with Crippen molar-refractivity contribution < 1.29 is 24.0 Å². The van der Waals surface area contributed by atoms with E-state index >= 15 is 0 Å². The van der Waals surface area contributed by atoms with Crippen molar-refractivity contribution in [1.82, 2.24) is 0 Å². The molecular weight excluding hydrogens is 308 g/mol. The highest BCUT2D eigenvalue weighted by Gasteiger charge is 2.29. The number of methoxy groups -OCH3 is 1. The third kappa shape index (κ3) is 5.23. The number of piperidine rings is 1. The maximum atomic E-state index is 12.2. The molecule has 1 aromatic rings. The molecule has 0 saturated carbocycles. The van der Waals surface area contributed by atoms with E-state index in [1.807, 2.05) is 31.2 Å². The van der Waals surface area contributed by atoms with Crippen LogP contribution in [0, 0.1) is 5.92 Å². The number of carbonyl (C=O) groups excluding carboxylic acids is 2. The minimum Gasteiger partial charge on any atom is -0.495 e. The quantitative estimate of drug-likeness (QED) is 0.726. The molecule has 0 spiro atoms. The Morgan fingerprint density at radius 3 is 2.88 bits per heavy atom. The van der Waals surface area contributed by atoms with Gasteiger partial charge in [0, 0.05) is 0 Å². The van der Waals surface area contributed by atoms with Gasteiger partial charge in [0.05, 0.1) is 45.5 Å². The number of ether oxygens (including phenoxy) is 2. The lowest BCUT2D eigenvalue weighted by Gasteiger charge is -2.28. The fraction of sp³-hybridized carbons (Fsp3) is 0.556. The van der Waals surface area contributed by atoms with Crippen LogP contribution in [-0.2, 0) is 14.3 Å². The van der Waals surface area contributed by atoms with Crippen LogP contribution in [0.5, 0.6) is 5.75 Å². The number of hydrogen-bond acceptors (Lipinski definition) is 4. The Bertz CT molecular complexity index is 562. The van der Waals surface area contributed by atoms with Gasteiger partial charge in [0.1, 0.15) is 11.7 Å². The molecule has 0 aromatic heterocycles. The highest BCUT2D eigenvalue weighted by molar-refractivity contribution is 5.92. The third-order valence-electron chi connectivity index (χ3n) is 4.32. The molecule has 6 nitrogen and oxygen atoms in total. The van der Waals surface area contributed by atoms with Crippen molar-refractivity contribution in [2.45, 2.75) is 26.2 Å². The predicted octanol–water partition coefficient (Wildman–Crippen LogP) is 0.882. The van der Waals surface area contributed by atoms with Crippen LogP contribution in [-0.4, -0.2) is 45.2 Å². The molecule has 1 heterocycles. The first-order valence-electron chi connectivity index (χ1n) is 8.57. The Kier molecular flexibility index (Phi) is 7.06. The monoisotopic (exact) mass is 335 g/mol. The van der Waals surface area contributed by atoms with Crippen molar-refractivity contribution in [3.05, 3.63) is 24.3 Å². The van der Waals surface area contributed by atoms with E-state index in [1.54, 1.807) is 7.11 Å². The lowest BCUT2D eigenvalue weighted by atomic mass is 9.98. The number of benzene rings is 1. The fourth-order valence-electron chi connectivity index (χ4n) is 3.09. The SMILES string of the molecule is CCOC(=O)C1CCC[NH+](CCC(=O)Nc2ccccc2OC)C1. The maximum absolute atomic E-state index is 12.2. The molecule has 1 saturated heterocycles. The number of amides is 1. The fourth-order valence-corrected chi connectivity index (χ4v) is 3.09. The Morgan fingerprint density at radius 2 is 2.12 bits per heavy atom. The standard InChI is InChI=1S/C18H26N2O4/c1-3-24-18(22)14-7-6-11-20(13-14)12-10-17(21)19-15-8-4-5-9-16(15)23-2/h4-5,8-9,14H,3,6-7,10-13H2,1-2H3,(H,19,21)/p+1. The van der Waals surface area contributed by atoms with Gasteiger partial charge in [-0.1, -0.05) is 12.1 Å². The lowest BCUT2D eigenvalue weighted by Crippen LogP contribution is -3.13. The van der Waals surface area contributed by atoms with Crippen LogP contribution in [0.1, 0.15) is 26.2 Å². The highest BCUT2D eigenvalue weighted by Crippen LogP contribution is 2.22. The van der Waals surface area contributed by atoms with Crippen molar-refractivity contribution in [1.29, 1.82) is 0 Å². The number of carbonyl (C=O) groups is 2. The zero-order valence-corrected chi connectivity index (χ0v) is 14.5. The summed E-state index contributed by atoms with van der Waals surface area (Å²) in [5.74, 6) is 0.475. The summed E-state index contributed by atoms with van der Waals surface area (Å²) in [6.07, 6.45) is 2.30. The second-order valence-electron chi connectivity index (χ2n) is 6.04. The van der Waals surface area contributed by atoms with Crippen LogP contribution in [0.3, 0.4) is 0 Å². The molecule has 1 aliphatic rings. The number of esters is 1. The molecule has 132 valence electrons. The van der Waals surface area contributed by atoms with E-state index in [2.05, 4.69) is 5.32 Å². The van der Waals surface area contributed by atoms with Crippen molar-refractivity contribution in [2.75, 3.05) is 38.7 Å². The molecule has 24 heavy (non-hydrogen) atoms. The summed E-state index contributed by atoms with van der Waals surface area (Å²) in [7, 11) is 1.58. The second kappa shape index (κ2) is 9.27. The van der Waals surface area contributed by atoms with Gasteiger partial charge in [0.25, 0.3) is 0 Å². The Labute approximate surface area is 143 Å². The summed E-state index contributed by atoms with van der Waals surface area (Å²) in [6.45, 7) is 4.72. The van der Waals surface area contributed by atoms with Gasteiger partial charge in [-0.05, 0) is 31.9 Å². The van der Waals surface area contributed by atoms with Gasteiger partial charge in [-0.25, -0.2) is 0 Å². The van der Waals surface area contributed by atoms with E-state index in [1.165, 1.54) is 4.90 Å². The van der Waals surface area contributed by atoms with Crippen LogP contribution < -0.4 is 15.0 Å². The number of para-hydroxylation sites is 2. The van der Waals surface area contributed by atoms with Gasteiger partial charge in [0.2, 0.25) is 5.91 Å². The van der Waals surface area contributed by atoms with Crippen LogP contribution in [0.25, 0.3) is 0 Å². The molecule has 0 bridgehead atoms. The van der Waals surface area contributed by atoms with Gasteiger partial charge in [-0.2, -0.15) is 0 Å². The number of hydrogen-bond donors (Lipinski definition) is 2. The summed E-state index contributed by atoms with van der Waals surface area (Å²) < 4.78 is 10.3. The van der Waals surface area contributed by atoms with Crippen LogP contribution in [0.2, 0.25) is 0 Å². The van der Waals surface area contributed by atoms with E-state index in [0.29, 0.717) is 24.5 Å². The first kappa shape index (κ1) is 18.3. The Morgan fingerprint density at radius 1 is 1.33 bits per heavy atom. The molecule has 1 aromatic carbocycles. The van der Waals surface area contributed by atoms with E-state index in [0.717, 1.165) is 32.5 Å². The summed E-state index contributed by atoms with van der Waals surface area (Å²) in [6, 6.07) is 7.36. The zero-order valence-electron chi connectivity index (χ0n) is 14.5. The van der Waals surface area contributed by atoms with Crippen molar-refractivity contribution in [3.63, 3.8) is 0 Å². The highest BCUT2D eigenvalue weighted by atomic mass is 16.5. The van der Waals surface area contributed by atoms with Crippen LogP contribution in [0.4, 0.5) is 5.69 Å². The minimum absolute atomic E-state index is 0.0361. The molecule has 1 aliphatic heterocycles. The average Bonchev–Trinajstić information content (AvgIpc) is 2.61. The molecule has 2 N–H and O–H groups in total. The Balaban J connectivity index is 1.80. The van der Waals surface area contributed by atoms with Gasteiger partial charge < -0.3 is 19.7 Å². The van der Waals surface area contributed by atoms with Gasteiger partial charge >= 0.3 is 5.97 Å². The largest absolute Gasteiger partial charge is 0.495 e. The zero-order chi connectivity index (χ0) is 17.4. The van der Waals surface area contributed by atoms with Crippen molar-refractivity contribution >= 4 is 17.6 Å². The molecular formula is C18H27N2O4+. The number of rotatable bonds is 7. The summed E-state index contributed by atoms with van der Waals surface area (Å²) >= 11 is 0. The number of quaternary nitrogens is 1. The van der Waals surface area contributed by atoms with Gasteiger partial charge in [-0.3, -0.25) is 9.59 Å². The first-order chi connectivity index (χ1) is 11.6. The second-order valence-corrected chi connectivity index (χ2v) is 6.04. The van der Waals surface area contributed by atoms with Crippen LogP contribution >= 0.6 is 0 Å². The first-order valence-corrected chi connectivity index (χ1v) is 8.57. The summed E-state index contributed by atoms with van der Waals surface area (Å²) in [4.78, 5) is 25.3. The molecule has 1 fully saturated rings. The molecule has 2 rings (SSSR count). The number of anilines is 1. The lowest BCUT2D eigenvalue weighted by molar-refractivity contribution is -0.906. The predicted molar refractivity (Wildman–Crippen MR) is 91.2 cm³/mol. The molecule has 1 amide bonds. The topological polar surface area (TPSA) is 69.1 Å². The molecule has 0 radical (unpaired) electrons. The molecule has 0 aliphatic carbocycles. The van der Waals surface area contributed by atoms with Crippen molar-refractivity contribution in [2.24, 2.45) is 5.92 Å². The van der Waals surface area contributed by atoms with E-state index in [4.69, 9.17) is 9.47 Å². The van der Waals surface area contributed by atoms with Gasteiger partial charge in [-0.15, -0.1) is 0 Å². The number of nitrogens with one attached hydrogen (secondary N) is 2. The minimum atomic E-state index is -0.104. The molecule has 6 heteroatoms. The summed E-state index contributed by atoms with van der Waals surface area (Å²) in [5, 5.41) is 2.89. The average molecular weight is 335 g/mol. The van der Waals surface area contributed by atoms with Gasteiger partial charge in [0.15, 0.2) is 0 Å². The Hall–Kier alpha value is -2.08.